The molecule has 0 aliphatic carbocycles. The van der Waals surface area contributed by atoms with E-state index in [1.807, 2.05) is 6.07 Å². The topological polar surface area (TPSA) is 51.4 Å². The molecule has 0 spiro atoms. The van der Waals surface area contributed by atoms with E-state index in [0.29, 0.717) is 5.13 Å². The van der Waals surface area contributed by atoms with E-state index in [0.717, 1.165) is 48.0 Å². The van der Waals surface area contributed by atoms with Crippen molar-refractivity contribution in [1.29, 1.82) is 0 Å². The van der Waals surface area contributed by atoms with Gasteiger partial charge in [-0.2, -0.15) is 0 Å². The van der Waals surface area contributed by atoms with Crippen LogP contribution in [0.5, 0.6) is 5.75 Å². The molecule has 0 bridgehead atoms. The van der Waals surface area contributed by atoms with Crippen molar-refractivity contribution < 1.29 is 4.74 Å². The lowest BCUT2D eigenvalue weighted by atomic mass is 10.1. The van der Waals surface area contributed by atoms with E-state index < -0.39 is 0 Å². The smallest absolute Gasteiger partial charge is 0.180 e. The summed E-state index contributed by atoms with van der Waals surface area (Å²) in [6.07, 6.45) is 1.13. The number of benzene rings is 1. The highest BCUT2D eigenvalue weighted by Gasteiger charge is 2.19. The summed E-state index contributed by atoms with van der Waals surface area (Å²) < 4.78 is 5.74. The van der Waals surface area contributed by atoms with Crippen LogP contribution in [0.3, 0.4) is 0 Å². The fraction of sp³-hybridized carbons (Fsp3) is 0.400. The average molecular weight is 289 g/mol. The Balaban J connectivity index is 2.03. The molecule has 0 unspecified atom stereocenters. The highest BCUT2D eigenvalue weighted by atomic mass is 32.1. The molecule has 1 aliphatic heterocycles. The van der Waals surface area contributed by atoms with Crippen LogP contribution in [0, 0.1) is 6.92 Å². The summed E-state index contributed by atoms with van der Waals surface area (Å²) in [6, 6.07) is 6.28. The summed E-state index contributed by atoms with van der Waals surface area (Å²) in [5, 5.41) is 0.622. The molecule has 0 amide bonds. The first-order valence-corrected chi connectivity index (χ1v) is 7.75. The van der Waals surface area contributed by atoms with Gasteiger partial charge in [0.25, 0.3) is 0 Å². The van der Waals surface area contributed by atoms with Gasteiger partial charge in [-0.15, -0.1) is 11.3 Å². The maximum absolute atomic E-state index is 5.80. The molecular weight excluding hydrogens is 270 g/mol. The van der Waals surface area contributed by atoms with Crippen LogP contribution in [-0.2, 0) is 0 Å². The summed E-state index contributed by atoms with van der Waals surface area (Å²) in [5.74, 6) is 0.967. The van der Waals surface area contributed by atoms with Gasteiger partial charge in [0.2, 0.25) is 0 Å². The number of anilines is 2. The molecule has 1 aromatic carbocycles. The quantitative estimate of drug-likeness (QED) is 0.942. The first-order valence-electron chi connectivity index (χ1n) is 6.94. The summed E-state index contributed by atoms with van der Waals surface area (Å²) in [7, 11) is 0. The van der Waals surface area contributed by atoms with Crippen molar-refractivity contribution in [2.45, 2.75) is 20.3 Å². The minimum Gasteiger partial charge on any atom is -0.490 e. The molecule has 106 valence electrons. The maximum Gasteiger partial charge on any atom is 0.180 e. The summed E-state index contributed by atoms with van der Waals surface area (Å²) in [6.45, 7) is 7.02. The first kappa shape index (κ1) is 13.2. The standard InChI is InChI=1S/C15H19N3OS/c1-3-6-18-7-8-19-13-5-4-11(9-12(13)18)14-10(2)20-15(16)17-14/h4-5,9H,3,6-8H2,1-2H3,(H2,16,17). The van der Waals surface area contributed by atoms with E-state index in [4.69, 9.17) is 10.5 Å². The lowest BCUT2D eigenvalue weighted by Crippen LogP contribution is -2.33. The van der Waals surface area contributed by atoms with Gasteiger partial charge in [-0.1, -0.05) is 6.92 Å². The lowest BCUT2D eigenvalue weighted by Gasteiger charge is -2.31. The maximum atomic E-state index is 5.80. The number of nitrogens with two attached hydrogens (primary N) is 1. The largest absolute Gasteiger partial charge is 0.490 e. The summed E-state index contributed by atoms with van der Waals surface area (Å²) in [4.78, 5) is 7.97. The predicted octanol–water partition coefficient (Wildman–Crippen LogP) is 3.31. The zero-order valence-electron chi connectivity index (χ0n) is 11.8. The van der Waals surface area contributed by atoms with E-state index in [1.165, 1.54) is 17.0 Å². The first-order chi connectivity index (χ1) is 9.69. The average Bonchev–Trinajstić information content (AvgIpc) is 2.78. The Morgan fingerprint density at radius 2 is 2.30 bits per heavy atom. The van der Waals surface area contributed by atoms with Crippen LogP contribution in [0.4, 0.5) is 10.8 Å². The van der Waals surface area contributed by atoms with Crippen LogP contribution < -0.4 is 15.4 Å². The van der Waals surface area contributed by atoms with Gasteiger partial charge in [-0.3, -0.25) is 0 Å². The number of hydrogen-bond donors (Lipinski definition) is 1. The van der Waals surface area contributed by atoms with E-state index >= 15 is 0 Å². The molecule has 1 aromatic heterocycles. The highest BCUT2D eigenvalue weighted by molar-refractivity contribution is 7.15. The van der Waals surface area contributed by atoms with E-state index in [9.17, 15) is 0 Å². The molecule has 3 rings (SSSR count). The fourth-order valence-electron chi connectivity index (χ4n) is 2.61. The Bertz CT molecular complexity index is 624. The second-order valence-corrected chi connectivity index (χ2v) is 6.21. The number of hydrogen-bond acceptors (Lipinski definition) is 5. The van der Waals surface area contributed by atoms with Crippen molar-refractivity contribution in [1.82, 2.24) is 4.98 Å². The van der Waals surface area contributed by atoms with Gasteiger partial charge < -0.3 is 15.4 Å². The van der Waals surface area contributed by atoms with Crippen LogP contribution >= 0.6 is 11.3 Å². The third-order valence-corrected chi connectivity index (χ3v) is 4.30. The van der Waals surface area contributed by atoms with Crippen molar-refractivity contribution >= 4 is 22.2 Å². The van der Waals surface area contributed by atoms with E-state index in [-0.39, 0.29) is 0 Å². The van der Waals surface area contributed by atoms with Crippen LogP contribution in [0.2, 0.25) is 0 Å². The Labute approximate surface area is 123 Å². The van der Waals surface area contributed by atoms with Gasteiger partial charge >= 0.3 is 0 Å². The second-order valence-electron chi connectivity index (χ2n) is 4.97. The number of nitrogens with zero attached hydrogens (tertiary/aromatic N) is 2. The summed E-state index contributed by atoms with van der Waals surface area (Å²) >= 11 is 1.53. The van der Waals surface area contributed by atoms with Crippen molar-refractivity contribution in [3.8, 4) is 17.0 Å². The number of fused-ring (bicyclic) bond motifs is 1. The van der Waals surface area contributed by atoms with Gasteiger partial charge in [0.05, 0.1) is 17.9 Å². The number of nitrogen functional groups attached to an aromatic ring is 1. The number of thiazole rings is 1. The van der Waals surface area contributed by atoms with Gasteiger partial charge in [-0.05, 0) is 31.5 Å². The molecule has 0 radical (unpaired) electrons. The fourth-order valence-corrected chi connectivity index (χ4v) is 3.32. The van der Waals surface area contributed by atoms with E-state index in [1.54, 1.807) is 0 Å². The Kier molecular flexibility index (Phi) is 3.53. The third-order valence-electron chi connectivity index (χ3n) is 3.50. The minimum absolute atomic E-state index is 0.622. The molecule has 20 heavy (non-hydrogen) atoms. The SMILES string of the molecule is CCCN1CCOc2ccc(-c3nc(N)sc3C)cc21. The number of ether oxygens (including phenoxy) is 1. The predicted molar refractivity (Wildman–Crippen MR) is 84.7 cm³/mol. The number of aromatic nitrogens is 1. The molecule has 0 fully saturated rings. The van der Waals surface area contributed by atoms with Crippen molar-refractivity contribution in [3.63, 3.8) is 0 Å². The molecule has 2 heterocycles. The monoisotopic (exact) mass is 289 g/mol. The minimum atomic E-state index is 0.622. The van der Waals surface area contributed by atoms with Crippen LogP contribution in [-0.4, -0.2) is 24.7 Å². The molecule has 0 atom stereocenters. The zero-order valence-corrected chi connectivity index (χ0v) is 12.7. The normalized spacial score (nSPS) is 14.0. The van der Waals surface area contributed by atoms with Crippen molar-refractivity contribution in [2.24, 2.45) is 0 Å². The number of aryl methyl sites for hydroxylation is 1. The van der Waals surface area contributed by atoms with Crippen LogP contribution in [0.1, 0.15) is 18.2 Å². The van der Waals surface area contributed by atoms with Gasteiger partial charge in [0, 0.05) is 17.0 Å². The van der Waals surface area contributed by atoms with Gasteiger partial charge in [-0.25, -0.2) is 4.98 Å². The third kappa shape index (κ3) is 2.33. The Morgan fingerprint density at radius 3 is 3.00 bits per heavy atom. The highest BCUT2D eigenvalue weighted by Crippen LogP contribution is 2.37. The molecule has 4 nitrogen and oxygen atoms in total. The Hall–Kier alpha value is -1.75. The van der Waals surface area contributed by atoms with Crippen LogP contribution in [0.25, 0.3) is 11.3 Å². The molecule has 1 aliphatic rings. The molecular formula is C15H19N3OS. The number of rotatable bonds is 3. The lowest BCUT2D eigenvalue weighted by molar-refractivity contribution is 0.307. The molecule has 2 N–H and O–H groups in total. The molecule has 0 saturated carbocycles. The molecule has 2 aromatic rings. The Morgan fingerprint density at radius 1 is 1.45 bits per heavy atom. The van der Waals surface area contributed by atoms with E-state index in [2.05, 4.69) is 35.9 Å². The van der Waals surface area contributed by atoms with Gasteiger partial charge in [0.1, 0.15) is 12.4 Å². The van der Waals surface area contributed by atoms with Crippen molar-refractivity contribution in [2.75, 3.05) is 30.3 Å². The zero-order chi connectivity index (χ0) is 14.1. The van der Waals surface area contributed by atoms with Crippen LogP contribution in [0.15, 0.2) is 18.2 Å². The summed E-state index contributed by atoms with van der Waals surface area (Å²) in [5.41, 5.74) is 9.07. The molecule has 0 saturated heterocycles. The van der Waals surface area contributed by atoms with Gasteiger partial charge in [0.15, 0.2) is 5.13 Å². The second kappa shape index (κ2) is 5.32. The van der Waals surface area contributed by atoms with Crippen molar-refractivity contribution in [3.05, 3.63) is 23.1 Å². The molecule has 5 heteroatoms.